The lowest BCUT2D eigenvalue weighted by atomic mass is 9.89. The van der Waals surface area contributed by atoms with Gasteiger partial charge < -0.3 is 28.7 Å². The van der Waals surface area contributed by atoms with Gasteiger partial charge in [0.15, 0.2) is 46.0 Å². The van der Waals surface area contributed by atoms with Crippen molar-refractivity contribution >= 4 is 68.2 Å². The van der Waals surface area contributed by atoms with Crippen LogP contribution in [0.15, 0.2) is 243 Å². The first-order chi connectivity index (χ1) is 36.8. The van der Waals surface area contributed by atoms with Gasteiger partial charge in [0.25, 0.3) is 0 Å². The van der Waals surface area contributed by atoms with Crippen molar-refractivity contribution in [2.45, 2.75) is 0 Å². The third-order valence-electron chi connectivity index (χ3n) is 13.9. The topological polar surface area (TPSA) is 75.7 Å². The van der Waals surface area contributed by atoms with E-state index in [0.29, 0.717) is 57.4 Å². The number of ether oxygens (including phenoxy) is 4. The zero-order chi connectivity index (χ0) is 48.7. The minimum Gasteiger partial charge on any atom is -0.453 e. The average Bonchev–Trinajstić information content (AvgIpc) is 3.47. The Bertz CT molecular complexity index is 3600. The summed E-state index contributed by atoms with van der Waals surface area (Å²) < 4.78 is 27.6. The predicted octanol–water partition coefficient (Wildman–Crippen LogP) is 18.1. The Morgan fingerprint density at radius 1 is 0.216 bits per heavy atom. The van der Waals surface area contributed by atoms with Crippen molar-refractivity contribution in [2.75, 3.05) is 19.6 Å². The molecule has 6 heterocycles. The van der Waals surface area contributed by atoms with E-state index in [2.05, 4.69) is 141 Å². The molecule has 0 radical (unpaired) electrons. The first kappa shape index (κ1) is 41.5. The monoisotopic (exact) mass is 956 g/mol. The number of rotatable bonds is 6. The van der Waals surface area contributed by atoms with Crippen molar-refractivity contribution in [1.82, 2.24) is 9.97 Å². The molecule has 0 fully saturated rings. The second-order valence-corrected chi connectivity index (χ2v) is 18.1. The summed E-state index contributed by atoms with van der Waals surface area (Å²) in [4.78, 5) is 20.2. The van der Waals surface area contributed by atoms with Crippen LogP contribution in [0.1, 0.15) is 0 Å². The summed E-state index contributed by atoms with van der Waals surface area (Å²) in [5.41, 5.74) is 12.8. The number of benzene rings is 9. The summed E-state index contributed by atoms with van der Waals surface area (Å²) >= 11 is 0. The summed E-state index contributed by atoms with van der Waals surface area (Å²) in [6.45, 7) is 0. The van der Waals surface area contributed by atoms with Gasteiger partial charge in [0.2, 0.25) is 0 Å². The highest BCUT2D eigenvalue weighted by Gasteiger charge is 2.45. The lowest BCUT2D eigenvalue weighted by Crippen LogP contribution is -2.28. The van der Waals surface area contributed by atoms with Crippen LogP contribution in [0.5, 0.6) is 46.0 Å². The molecule has 0 spiro atoms. The smallest absolute Gasteiger partial charge is 0.151 e. The molecule has 10 heteroatoms. The molecule has 0 unspecified atom stereocenters. The molecule has 0 N–H and O–H groups in total. The SMILES string of the molecule is c1ccc(-c2c(-c3ccccn3)c(N3c4ccccc4Oc4ccccc43)c(N3c4ccccc4Oc4ccccc43)c(N3c4ccccc4Oc4ccccc43)c2N2c3ccccc3Oc3ccccc32)nc1. The maximum atomic E-state index is 6.91. The Kier molecular flexibility index (Phi) is 9.33. The molecule has 11 aromatic rings. The number of hydrogen-bond donors (Lipinski definition) is 0. The normalized spacial score (nSPS) is 13.2. The minimum atomic E-state index is 0.686. The predicted molar refractivity (Wildman–Crippen MR) is 292 cm³/mol. The molecule has 350 valence electrons. The molecule has 74 heavy (non-hydrogen) atoms. The maximum Gasteiger partial charge on any atom is 0.151 e. The van der Waals surface area contributed by atoms with E-state index in [1.165, 1.54) is 0 Å². The Morgan fingerprint density at radius 2 is 0.419 bits per heavy atom. The number of para-hydroxylation sites is 16. The van der Waals surface area contributed by atoms with Crippen molar-refractivity contribution in [1.29, 1.82) is 0 Å². The van der Waals surface area contributed by atoms with Crippen molar-refractivity contribution in [3.05, 3.63) is 243 Å². The fourth-order valence-corrected chi connectivity index (χ4v) is 10.9. The molecule has 0 aliphatic carbocycles. The Labute approximate surface area is 426 Å². The molecule has 0 bridgehead atoms. The largest absolute Gasteiger partial charge is 0.453 e. The summed E-state index contributed by atoms with van der Waals surface area (Å²) in [6.07, 6.45) is 3.73. The van der Waals surface area contributed by atoms with Crippen molar-refractivity contribution in [2.24, 2.45) is 0 Å². The molecule has 0 atom stereocenters. The van der Waals surface area contributed by atoms with Crippen LogP contribution in [0, 0.1) is 0 Å². The third kappa shape index (κ3) is 6.31. The van der Waals surface area contributed by atoms with Gasteiger partial charge >= 0.3 is 0 Å². The van der Waals surface area contributed by atoms with E-state index in [-0.39, 0.29) is 0 Å². The van der Waals surface area contributed by atoms with Gasteiger partial charge in [-0.1, -0.05) is 109 Å². The van der Waals surface area contributed by atoms with E-state index in [9.17, 15) is 0 Å². The lowest BCUT2D eigenvalue weighted by Gasteiger charge is -2.46. The number of hydrogen-bond acceptors (Lipinski definition) is 10. The highest BCUT2D eigenvalue weighted by Crippen LogP contribution is 2.70. The molecule has 0 saturated carbocycles. The number of fused-ring (bicyclic) bond motifs is 8. The standard InChI is InChI=1S/C64H40N6O4/c1-9-31-51-43(23-1)67(44-24-2-10-32-52(44)71-51)61-59(41-21-17-19-39-65-41)60(42-22-18-20-40-66-42)62(68-45-25-3-11-33-53(45)72-54-34-12-4-26-46(54)68)64(70-49-29-7-15-37-57(49)74-58-38-16-8-30-50(58)70)63(61)69-47-27-5-13-35-55(47)73-56-36-14-6-28-48(56)69/h1-40H. The van der Waals surface area contributed by atoms with Crippen LogP contribution in [0.2, 0.25) is 0 Å². The van der Waals surface area contributed by atoms with Crippen LogP contribution in [0.4, 0.5) is 68.2 Å². The van der Waals surface area contributed by atoms with Gasteiger partial charge in [-0.2, -0.15) is 0 Å². The highest BCUT2D eigenvalue weighted by atomic mass is 16.5. The van der Waals surface area contributed by atoms with E-state index < -0.39 is 0 Å². The van der Waals surface area contributed by atoms with Gasteiger partial charge in [0, 0.05) is 23.5 Å². The second-order valence-electron chi connectivity index (χ2n) is 18.1. The van der Waals surface area contributed by atoms with Crippen LogP contribution >= 0.6 is 0 Å². The van der Waals surface area contributed by atoms with Gasteiger partial charge in [-0.05, 0) is 121 Å². The van der Waals surface area contributed by atoms with E-state index in [1.54, 1.807) is 0 Å². The first-order valence-corrected chi connectivity index (χ1v) is 24.5. The number of pyridine rings is 2. The van der Waals surface area contributed by atoms with Crippen LogP contribution in [0.3, 0.4) is 0 Å². The van der Waals surface area contributed by atoms with Crippen molar-refractivity contribution in [3.8, 4) is 68.5 Å². The molecule has 4 aliphatic rings. The Balaban J connectivity index is 1.27. The first-order valence-electron chi connectivity index (χ1n) is 24.5. The maximum absolute atomic E-state index is 6.91. The van der Waals surface area contributed by atoms with E-state index in [1.807, 2.05) is 122 Å². The lowest BCUT2D eigenvalue weighted by molar-refractivity contribution is 0.475. The summed E-state index contributed by atoms with van der Waals surface area (Å²) in [7, 11) is 0. The van der Waals surface area contributed by atoms with E-state index in [0.717, 1.165) is 79.4 Å². The van der Waals surface area contributed by atoms with E-state index >= 15 is 0 Å². The zero-order valence-corrected chi connectivity index (χ0v) is 39.4. The van der Waals surface area contributed by atoms with Crippen LogP contribution < -0.4 is 38.5 Å². The molecular formula is C64H40N6O4. The molecule has 4 aliphatic heterocycles. The van der Waals surface area contributed by atoms with Gasteiger partial charge in [-0.25, -0.2) is 0 Å². The molecular weight excluding hydrogens is 917 g/mol. The highest BCUT2D eigenvalue weighted by molar-refractivity contribution is 6.20. The van der Waals surface area contributed by atoms with Crippen LogP contribution in [-0.2, 0) is 0 Å². The molecule has 10 nitrogen and oxygen atoms in total. The Morgan fingerprint density at radius 3 is 0.635 bits per heavy atom. The summed E-state index contributed by atoms with van der Waals surface area (Å²) in [5, 5.41) is 0. The summed E-state index contributed by atoms with van der Waals surface area (Å²) in [5.74, 6) is 5.50. The van der Waals surface area contributed by atoms with Crippen LogP contribution in [-0.4, -0.2) is 9.97 Å². The van der Waals surface area contributed by atoms with Gasteiger partial charge in [0.05, 0.1) is 79.6 Å². The summed E-state index contributed by atoms with van der Waals surface area (Å²) in [6, 6.07) is 78.2. The molecule has 15 rings (SSSR count). The van der Waals surface area contributed by atoms with Crippen molar-refractivity contribution in [3.63, 3.8) is 0 Å². The van der Waals surface area contributed by atoms with Gasteiger partial charge in [-0.15, -0.1) is 0 Å². The Hall–Kier alpha value is -10.3. The van der Waals surface area contributed by atoms with Gasteiger partial charge in [-0.3, -0.25) is 19.8 Å². The number of anilines is 12. The average molecular weight is 957 g/mol. The second kappa shape index (κ2) is 16.6. The van der Waals surface area contributed by atoms with Crippen molar-refractivity contribution < 1.29 is 18.9 Å². The molecule has 0 saturated heterocycles. The van der Waals surface area contributed by atoms with E-state index in [4.69, 9.17) is 28.9 Å². The zero-order valence-electron chi connectivity index (χ0n) is 39.4. The minimum absolute atomic E-state index is 0.686. The molecule has 9 aromatic carbocycles. The number of nitrogens with zero attached hydrogens (tertiary/aromatic N) is 6. The molecule has 0 amide bonds. The fraction of sp³-hybridized carbons (Fsp3) is 0. The quantitative estimate of drug-likeness (QED) is 0.161. The van der Waals surface area contributed by atoms with Gasteiger partial charge in [0.1, 0.15) is 0 Å². The number of aromatic nitrogens is 2. The third-order valence-corrected chi connectivity index (χ3v) is 13.9. The van der Waals surface area contributed by atoms with Crippen LogP contribution in [0.25, 0.3) is 22.5 Å². The fourth-order valence-electron chi connectivity index (χ4n) is 10.9. The molecule has 2 aromatic heterocycles.